The zero-order chi connectivity index (χ0) is 45.6. The lowest BCUT2D eigenvalue weighted by atomic mass is 9.73. The summed E-state index contributed by atoms with van der Waals surface area (Å²) >= 11 is 0. The molecule has 4 rings (SSSR count). The number of hydrogen-bond acceptors (Lipinski definition) is 13. The number of hydrogen-bond donors (Lipinski definition) is 3. The van der Waals surface area contributed by atoms with E-state index in [0.29, 0.717) is 12.0 Å². The van der Waals surface area contributed by atoms with Gasteiger partial charge in [-0.1, -0.05) is 56.3 Å². The third-order valence-corrected chi connectivity index (χ3v) is 16.7. The Balaban J connectivity index is 1.47. The SMILES string of the molecule is CCOP(=O)(OCC)C(CCCNC(=O)c1ccc(C2(C)OB([C@H](CC(C)C)NC(=O)[C@H](Cc3ccccc3)NC(=O)c3cnccn3)OC2(C)C)cc1)P(=O)(OCC)OCC. The van der Waals surface area contributed by atoms with Crippen molar-refractivity contribution in [2.75, 3.05) is 33.0 Å². The van der Waals surface area contributed by atoms with Crippen molar-refractivity contribution in [1.82, 2.24) is 25.9 Å². The van der Waals surface area contributed by atoms with Gasteiger partial charge in [0, 0.05) is 30.9 Å². The second-order valence-electron chi connectivity index (χ2n) is 15.9. The van der Waals surface area contributed by atoms with Crippen LogP contribution >= 0.6 is 15.2 Å². The first kappa shape index (κ1) is 50.9. The van der Waals surface area contributed by atoms with Gasteiger partial charge in [0.05, 0.1) is 44.2 Å². The Morgan fingerprint density at radius 1 is 0.790 bits per heavy atom. The van der Waals surface area contributed by atoms with Gasteiger partial charge < -0.3 is 43.4 Å². The molecule has 62 heavy (non-hydrogen) atoms. The molecule has 0 saturated carbocycles. The molecule has 1 aliphatic rings. The Morgan fingerprint density at radius 3 is 1.92 bits per heavy atom. The van der Waals surface area contributed by atoms with Crippen LogP contribution in [-0.4, -0.2) is 90.8 Å². The Morgan fingerprint density at radius 2 is 1.39 bits per heavy atom. The third-order valence-electron chi connectivity index (χ3n) is 10.6. The lowest BCUT2D eigenvalue weighted by Gasteiger charge is -2.37. The number of carbonyl (C=O) groups is 3. The number of rotatable bonds is 25. The third kappa shape index (κ3) is 13.1. The fraction of sp³-hybridized carbons (Fsp3) is 0.558. The molecule has 3 aromatic rings. The molecule has 1 aromatic heterocycles. The van der Waals surface area contributed by atoms with Gasteiger partial charge in [-0.15, -0.1) is 0 Å². The van der Waals surface area contributed by atoms with Gasteiger partial charge in [-0.2, -0.15) is 0 Å². The summed E-state index contributed by atoms with van der Waals surface area (Å²) in [6, 6.07) is 15.5. The predicted octanol–water partition coefficient (Wildman–Crippen LogP) is 7.49. The Kier molecular flexibility index (Phi) is 19.1. The predicted molar refractivity (Wildman–Crippen MR) is 238 cm³/mol. The van der Waals surface area contributed by atoms with Crippen molar-refractivity contribution in [3.8, 4) is 0 Å². The maximum atomic E-state index is 14.1. The molecule has 3 N–H and O–H groups in total. The van der Waals surface area contributed by atoms with Gasteiger partial charge in [-0.25, -0.2) is 4.98 Å². The van der Waals surface area contributed by atoms with Crippen LogP contribution in [0, 0.1) is 5.92 Å². The van der Waals surface area contributed by atoms with E-state index in [1.54, 1.807) is 39.8 Å². The van der Waals surface area contributed by atoms with Crippen LogP contribution in [0.5, 0.6) is 0 Å². The summed E-state index contributed by atoms with van der Waals surface area (Å²) in [6.45, 7) is 17.0. The Labute approximate surface area is 366 Å². The van der Waals surface area contributed by atoms with Crippen LogP contribution in [0.1, 0.15) is 114 Å². The van der Waals surface area contributed by atoms with Gasteiger partial charge in [0.15, 0.2) is 5.40 Å². The van der Waals surface area contributed by atoms with Crippen LogP contribution in [0.2, 0.25) is 0 Å². The highest BCUT2D eigenvalue weighted by molar-refractivity contribution is 7.72. The molecule has 1 fully saturated rings. The minimum Gasteiger partial charge on any atom is -0.402 e. The number of nitrogens with one attached hydrogen (secondary N) is 3. The van der Waals surface area contributed by atoms with Crippen molar-refractivity contribution in [2.24, 2.45) is 5.92 Å². The molecule has 0 aliphatic carbocycles. The summed E-state index contributed by atoms with van der Waals surface area (Å²) < 4.78 is 63.4. The van der Waals surface area contributed by atoms with E-state index >= 15 is 0 Å². The highest BCUT2D eigenvalue weighted by Crippen LogP contribution is 2.71. The number of amides is 3. The van der Waals surface area contributed by atoms with E-state index in [1.165, 1.54) is 18.6 Å². The first-order chi connectivity index (χ1) is 29.5. The molecule has 1 saturated heterocycles. The monoisotopic (exact) mass is 899 g/mol. The van der Waals surface area contributed by atoms with Crippen molar-refractivity contribution < 1.29 is 50.9 Å². The van der Waals surface area contributed by atoms with E-state index in [1.807, 2.05) is 77.1 Å². The zero-order valence-corrected chi connectivity index (χ0v) is 39.2. The molecule has 3 atom stereocenters. The standard InChI is InChI=1S/C43H64BN5O11P2/c1-10-55-61(53,56-11-2)38(62(54,57-12-3)58-13-4)20-17-25-47-39(50)33-21-23-34(24-22-33)43(9)42(7,8)59-44(60-43)37(28-31(5)6)49-40(51)35(29-32-18-15-14-16-19-32)48-41(52)36-30-45-26-27-46-36/h14-16,18-19,21-24,26-27,30-31,35,37-38H,10-13,17,20,25,28-29H2,1-9H3,(H,47,50)(H,48,52)(H,49,51)/t35-,37-,43?/m0/s1. The van der Waals surface area contributed by atoms with Crippen LogP contribution in [-0.2, 0) is 53.4 Å². The summed E-state index contributed by atoms with van der Waals surface area (Å²) in [5.74, 6) is -1.72. The van der Waals surface area contributed by atoms with Crippen LogP contribution in [0.25, 0.3) is 0 Å². The molecule has 19 heteroatoms. The van der Waals surface area contributed by atoms with E-state index in [-0.39, 0.29) is 69.8 Å². The van der Waals surface area contributed by atoms with E-state index in [9.17, 15) is 23.5 Å². The first-order valence-electron chi connectivity index (χ1n) is 21.4. The van der Waals surface area contributed by atoms with E-state index < -0.39 is 62.7 Å². The molecule has 16 nitrogen and oxygen atoms in total. The number of carbonyl (C=O) groups excluding carboxylic acids is 3. The van der Waals surface area contributed by atoms with Crippen molar-refractivity contribution in [3.05, 3.63) is 95.6 Å². The molecular weight excluding hydrogens is 835 g/mol. The topological polar surface area (TPSA) is 203 Å². The summed E-state index contributed by atoms with van der Waals surface area (Å²) in [6.07, 6.45) is 5.35. The van der Waals surface area contributed by atoms with Crippen molar-refractivity contribution >= 4 is 40.0 Å². The van der Waals surface area contributed by atoms with E-state index in [0.717, 1.165) is 11.1 Å². The van der Waals surface area contributed by atoms with Gasteiger partial charge in [0.2, 0.25) is 5.91 Å². The second-order valence-corrected chi connectivity index (χ2v) is 20.8. The fourth-order valence-corrected chi connectivity index (χ4v) is 12.7. The summed E-state index contributed by atoms with van der Waals surface area (Å²) in [7, 11) is -8.68. The van der Waals surface area contributed by atoms with Crippen LogP contribution in [0.4, 0.5) is 0 Å². The highest BCUT2D eigenvalue weighted by atomic mass is 31.2. The number of benzene rings is 2. The average molecular weight is 900 g/mol. The maximum Gasteiger partial charge on any atom is 0.482 e. The number of aromatic nitrogens is 2. The summed E-state index contributed by atoms with van der Waals surface area (Å²) in [5, 5.41) is 7.70. The molecule has 3 amide bonds. The Hall–Kier alpha value is -3.79. The summed E-state index contributed by atoms with van der Waals surface area (Å²) in [4.78, 5) is 48.7. The second kappa shape index (κ2) is 23.2. The molecule has 1 unspecified atom stereocenters. The fourth-order valence-electron chi connectivity index (χ4n) is 7.27. The smallest absolute Gasteiger partial charge is 0.402 e. The Bertz CT molecular complexity index is 1950. The van der Waals surface area contributed by atoms with Gasteiger partial charge in [-0.3, -0.25) is 28.5 Å². The average Bonchev–Trinajstić information content (AvgIpc) is 3.49. The van der Waals surface area contributed by atoms with E-state index in [4.69, 9.17) is 27.4 Å². The van der Waals surface area contributed by atoms with E-state index in [2.05, 4.69) is 25.9 Å². The van der Waals surface area contributed by atoms with Gasteiger partial charge in [0.1, 0.15) is 17.3 Å². The minimum atomic E-state index is -3.91. The van der Waals surface area contributed by atoms with Crippen LogP contribution in [0.3, 0.4) is 0 Å². The zero-order valence-electron chi connectivity index (χ0n) is 37.5. The quantitative estimate of drug-likeness (QED) is 0.0429. The summed E-state index contributed by atoms with van der Waals surface area (Å²) in [5.41, 5.74) is 0.206. The largest absolute Gasteiger partial charge is 0.482 e. The normalized spacial score (nSPS) is 17.5. The van der Waals surface area contributed by atoms with Gasteiger partial charge in [-0.05, 0) is 96.9 Å². The van der Waals surface area contributed by atoms with Crippen LogP contribution in [0.15, 0.2) is 73.2 Å². The molecule has 0 spiro atoms. The van der Waals surface area contributed by atoms with Crippen molar-refractivity contribution in [1.29, 1.82) is 0 Å². The van der Waals surface area contributed by atoms with Crippen molar-refractivity contribution in [3.63, 3.8) is 0 Å². The number of nitrogens with zero attached hydrogens (tertiary/aromatic N) is 2. The molecule has 2 heterocycles. The highest BCUT2D eigenvalue weighted by Gasteiger charge is 2.57. The van der Waals surface area contributed by atoms with Crippen LogP contribution < -0.4 is 16.0 Å². The molecule has 340 valence electrons. The van der Waals surface area contributed by atoms with Crippen molar-refractivity contribution in [2.45, 2.75) is 117 Å². The molecular formula is C43H64BN5O11P2. The first-order valence-corrected chi connectivity index (χ1v) is 24.6. The molecule has 0 radical (unpaired) electrons. The lowest BCUT2D eigenvalue weighted by Crippen LogP contribution is -2.55. The van der Waals surface area contributed by atoms with Gasteiger partial charge >= 0.3 is 22.3 Å². The maximum absolute atomic E-state index is 14.1. The lowest BCUT2D eigenvalue weighted by molar-refractivity contribution is -0.123. The molecule has 0 bridgehead atoms. The molecule has 1 aliphatic heterocycles. The van der Waals surface area contributed by atoms with Gasteiger partial charge in [0.25, 0.3) is 11.8 Å². The molecule has 2 aromatic carbocycles. The minimum absolute atomic E-state index is 0.0740.